The van der Waals surface area contributed by atoms with Crippen LogP contribution in [0.2, 0.25) is 0 Å². The normalized spacial score (nSPS) is 15.4. The van der Waals surface area contributed by atoms with E-state index in [2.05, 4.69) is 29.5 Å². The SMILES string of the molecule is CC(CCl)C(C)NCc1cn(C)nn1. The van der Waals surface area contributed by atoms with E-state index in [1.165, 1.54) is 0 Å². The summed E-state index contributed by atoms with van der Waals surface area (Å²) in [6, 6.07) is 0.398. The van der Waals surface area contributed by atoms with Gasteiger partial charge in [0.25, 0.3) is 0 Å². The molecule has 1 aromatic heterocycles. The van der Waals surface area contributed by atoms with Gasteiger partial charge in [-0.1, -0.05) is 12.1 Å². The predicted octanol–water partition coefficient (Wildman–Crippen LogP) is 1.17. The number of halogens is 1. The highest BCUT2D eigenvalue weighted by Crippen LogP contribution is 2.05. The Kier molecular flexibility index (Phi) is 4.35. The summed E-state index contributed by atoms with van der Waals surface area (Å²) < 4.78 is 1.70. The van der Waals surface area contributed by atoms with Crippen LogP contribution < -0.4 is 5.32 Å². The monoisotopic (exact) mass is 216 g/mol. The van der Waals surface area contributed by atoms with Gasteiger partial charge in [-0.3, -0.25) is 4.68 Å². The number of hydrogen-bond donors (Lipinski definition) is 1. The van der Waals surface area contributed by atoms with Crippen molar-refractivity contribution in [1.82, 2.24) is 20.3 Å². The number of alkyl halides is 1. The molecule has 0 spiro atoms. The standard InChI is InChI=1S/C9H17ClN4/c1-7(4-10)8(2)11-5-9-6-14(3)13-12-9/h6-8,11H,4-5H2,1-3H3. The summed E-state index contributed by atoms with van der Waals surface area (Å²) >= 11 is 5.76. The number of aromatic nitrogens is 3. The van der Waals surface area contributed by atoms with Crippen molar-refractivity contribution in [3.8, 4) is 0 Å². The maximum Gasteiger partial charge on any atom is 0.0964 e. The lowest BCUT2D eigenvalue weighted by atomic mass is 10.1. The summed E-state index contributed by atoms with van der Waals surface area (Å²) in [5.41, 5.74) is 0.959. The van der Waals surface area contributed by atoms with Gasteiger partial charge in [0.15, 0.2) is 0 Å². The second-order valence-electron chi connectivity index (χ2n) is 3.68. The third kappa shape index (κ3) is 3.27. The Bertz CT molecular complexity index is 274. The van der Waals surface area contributed by atoms with Crippen molar-refractivity contribution in [3.05, 3.63) is 11.9 Å². The van der Waals surface area contributed by atoms with Crippen LogP contribution in [0.5, 0.6) is 0 Å². The summed E-state index contributed by atoms with van der Waals surface area (Å²) in [4.78, 5) is 0. The molecule has 5 heteroatoms. The van der Waals surface area contributed by atoms with Crippen LogP contribution in [0.3, 0.4) is 0 Å². The predicted molar refractivity (Wildman–Crippen MR) is 57.2 cm³/mol. The highest BCUT2D eigenvalue weighted by Gasteiger charge is 2.10. The van der Waals surface area contributed by atoms with Crippen molar-refractivity contribution in [2.45, 2.75) is 26.4 Å². The van der Waals surface area contributed by atoms with Gasteiger partial charge in [-0.15, -0.1) is 16.7 Å². The van der Waals surface area contributed by atoms with E-state index in [0.717, 1.165) is 12.2 Å². The first-order valence-corrected chi connectivity index (χ1v) is 5.31. The molecular formula is C9H17ClN4. The lowest BCUT2D eigenvalue weighted by Crippen LogP contribution is -2.32. The second-order valence-corrected chi connectivity index (χ2v) is 3.99. The topological polar surface area (TPSA) is 42.7 Å². The lowest BCUT2D eigenvalue weighted by molar-refractivity contribution is 0.427. The summed E-state index contributed by atoms with van der Waals surface area (Å²) in [5, 5.41) is 11.2. The Hall–Kier alpha value is -0.610. The van der Waals surface area contributed by atoms with Crippen LogP contribution in [0, 0.1) is 5.92 Å². The minimum atomic E-state index is 0.398. The Balaban J connectivity index is 2.33. The fraction of sp³-hybridized carbons (Fsp3) is 0.778. The molecule has 0 aliphatic carbocycles. The third-order valence-corrected chi connectivity index (χ3v) is 2.84. The molecular weight excluding hydrogens is 200 g/mol. The van der Waals surface area contributed by atoms with Gasteiger partial charge in [0.05, 0.1) is 5.69 Å². The van der Waals surface area contributed by atoms with Gasteiger partial charge in [-0.05, 0) is 12.8 Å². The van der Waals surface area contributed by atoms with Crippen LogP contribution in [0.4, 0.5) is 0 Å². The van der Waals surface area contributed by atoms with E-state index in [1.54, 1.807) is 4.68 Å². The zero-order chi connectivity index (χ0) is 10.6. The fourth-order valence-electron chi connectivity index (χ4n) is 1.08. The molecule has 0 fully saturated rings. The lowest BCUT2D eigenvalue weighted by Gasteiger charge is -2.18. The Morgan fingerprint density at radius 2 is 2.29 bits per heavy atom. The van der Waals surface area contributed by atoms with Crippen molar-refractivity contribution < 1.29 is 0 Å². The van der Waals surface area contributed by atoms with Crippen LogP contribution in [-0.4, -0.2) is 26.9 Å². The van der Waals surface area contributed by atoms with Gasteiger partial charge >= 0.3 is 0 Å². The minimum Gasteiger partial charge on any atom is -0.308 e. The molecule has 1 aromatic rings. The number of aryl methyl sites for hydroxylation is 1. The van der Waals surface area contributed by atoms with E-state index in [4.69, 9.17) is 11.6 Å². The molecule has 1 N–H and O–H groups in total. The molecule has 0 saturated heterocycles. The van der Waals surface area contributed by atoms with Crippen molar-refractivity contribution in [1.29, 1.82) is 0 Å². The third-order valence-electron chi connectivity index (χ3n) is 2.35. The summed E-state index contributed by atoms with van der Waals surface area (Å²) in [7, 11) is 1.86. The summed E-state index contributed by atoms with van der Waals surface area (Å²) in [6.07, 6.45) is 1.91. The molecule has 0 aliphatic rings. The fourth-order valence-corrected chi connectivity index (χ4v) is 1.34. The average molecular weight is 217 g/mol. The quantitative estimate of drug-likeness (QED) is 0.752. The van der Waals surface area contributed by atoms with Crippen molar-refractivity contribution >= 4 is 11.6 Å². The second kappa shape index (κ2) is 5.32. The molecule has 1 rings (SSSR count). The van der Waals surface area contributed by atoms with Gasteiger partial charge in [-0.2, -0.15) is 0 Å². The largest absolute Gasteiger partial charge is 0.308 e. The van der Waals surface area contributed by atoms with Gasteiger partial charge in [0.1, 0.15) is 0 Å². The van der Waals surface area contributed by atoms with Gasteiger partial charge in [-0.25, -0.2) is 0 Å². The van der Waals surface area contributed by atoms with Gasteiger partial charge in [0.2, 0.25) is 0 Å². The molecule has 4 nitrogen and oxygen atoms in total. The Labute approximate surface area is 89.6 Å². The molecule has 0 amide bonds. The zero-order valence-corrected chi connectivity index (χ0v) is 9.62. The van der Waals surface area contributed by atoms with Crippen molar-refractivity contribution in [3.63, 3.8) is 0 Å². The molecule has 14 heavy (non-hydrogen) atoms. The molecule has 0 aliphatic heterocycles. The van der Waals surface area contributed by atoms with Crippen LogP contribution in [0.1, 0.15) is 19.5 Å². The van der Waals surface area contributed by atoms with Crippen LogP contribution in [0.25, 0.3) is 0 Å². The molecule has 80 valence electrons. The van der Waals surface area contributed by atoms with E-state index in [1.807, 2.05) is 13.2 Å². The first-order chi connectivity index (χ1) is 6.63. The van der Waals surface area contributed by atoms with E-state index in [9.17, 15) is 0 Å². The molecule has 2 unspecified atom stereocenters. The van der Waals surface area contributed by atoms with E-state index in [-0.39, 0.29) is 0 Å². The highest BCUT2D eigenvalue weighted by molar-refractivity contribution is 6.18. The maximum atomic E-state index is 5.76. The van der Waals surface area contributed by atoms with Crippen LogP contribution in [0.15, 0.2) is 6.20 Å². The molecule has 0 aromatic carbocycles. The molecule has 0 radical (unpaired) electrons. The van der Waals surface area contributed by atoms with E-state index in [0.29, 0.717) is 17.8 Å². The van der Waals surface area contributed by atoms with E-state index >= 15 is 0 Å². The Morgan fingerprint density at radius 3 is 2.79 bits per heavy atom. The molecule has 0 saturated carbocycles. The highest BCUT2D eigenvalue weighted by atomic mass is 35.5. The molecule has 2 atom stereocenters. The smallest absolute Gasteiger partial charge is 0.0964 e. The first-order valence-electron chi connectivity index (χ1n) is 4.78. The number of hydrogen-bond acceptors (Lipinski definition) is 3. The first kappa shape index (κ1) is 11.5. The van der Waals surface area contributed by atoms with Gasteiger partial charge < -0.3 is 5.32 Å². The average Bonchev–Trinajstić information content (AvgIpc) is 2.59. The van der Waals surface area contributed by atoms with E-state index < -0.39 is 0 Å². The Morgan fingerprint density at radius 1 is 1.57 bits per heavy atom. The van der Waals surface area contributed by atoms with Crippen LogP contribution in [-0.2, 0) is 13.6 Å². The van der Waals surface area contributed by atoms with Crippen LogP contribution >= 0.6 is 11.6 Å². The van der Waals surface area contributed by atoms with Gasteiger partial charge in [0, 0.05) is 31.7 Å². The molecule has 1 heterocycles. The van der Waals surface area contributed by atoms with Crippen molar-refractivity contribution in [2.75, 3.05) is 5.88 Å². The molecule has 0 bridgehead atoms. The summed E-state index contributed by atoms with van der Waals surface area (Å²) in [6.45, 7) is 5.00. The number of rotatable bonds is 5. The summed E-state index contributed by atoms with van der Waals surface area (Å²) in [5.74, 6) is 1.14. The van der Waals surface area contributed by atoms with Crippen molar-refractivity contribution in [2.24, 2.45) is 13.0 Å². The number of nitrogens with zero attached hydrogens (tertiary/aromatic N) is 3. The minimum absolute atomic E-state index is 0.398. The zero-order valence-electron chi connectivity index (χ0n) is 8.87. The maximum absolute atomic E-state index is 5.76. The number of nitrogens with one attached hydrogen (secondary N) is 1.